The Morgan fingerprint density at radius 1 is 1.17 bits per heavy atom. The molecule has 0 saturated heterocycles. The van der Waals surface area contributed by atoms with Gasteiger partial charge in [-0.25, -0.2) is 27.1 Å². The molecule has 0 amide bonds. The van der Waals surface area contributed by atoms with Crippen molar-refractivity contribution in [2.45, 2.75) is 36.8 Å². The summed E-state index contributed by atoms with van der Waals surface area (Å²) in [6.45, 7) is 5.87. The van der Waals surface area contributed by atoms with Crippen molar-refractivity contribution in [1.29, 1.82) is 0 Å². The van der Waals surface area contributed by atoms with Crippen molar-refractivity contribution >= 4 is 39.1 Å². The summed E-state index contributed by atoms with van der Waals surface area (Å²) >= 11 is 3.02. The lowest BCUT2D eigenvalue weighted by Crippen LogP contribution is -2.27. The molecule has 0 aliphatic heterocycles. The first-order chi connectivity index (χ1) is 14.1. The Kier molecular flexibility index (Phi) is 6.73. The third kappa shape index (κ3) is 5.13. The van der Waals surface area contributed by atoms with E-state index in [1.54, 1.807) is 12.1 Å². The molecule has 30 heavy (non-hydrogen) atoms. The number of thioether (sulfide) groups is 1. The molecule has 0 unspecified atom stereocenters. The summed E-state index contributed by atoms with van der Waals surface area (Å²) in [5.41, 5.74) is 2.87. The summed E-state index contributed by atoms with van der Waals surface area (Å²) < 4.78 is 39.5. The molecule has 0 atom stereocenters. The van der Waals surface area contributed by atoms with Crippen molar-refractivity contribution in [1.82, 2.24) is 20.2 Å². The first-order valence-corrected chi connectivity index (χ1v) is 12.7. The van der Waals surface area contributed by atoms with Gasteiger partial charge in [-0.3, -0.25) is 0 Å². The van der Waals surface area contributed by atoms with Gasteiger partial charge in [-0.1, -0.05) is 36.9 Å². The van der Waals surface area contributed by atoms with Gasteiger partial charge in [-0.2, -0.15) is 0 Å². The smallest absolute Gasteiger partial charge is 0.239 e. The first-order valence-electron chi connectivity index (χ1n) is 9.09. The van der Waals surface area contributed by atoms with Crippen LogP contribution >= 0.6 is 23.1 Å². The third-order valence-corrected chi connectivity index (χ3v) is 7.48. The molecule has 3 rings (SSSR count). The highest BCUT2D eigenvalue weighted by Gasteiger charge is 2.23. The van der Waals surface area contributed by atoms with E-state index in [4.69, 9.17) is 0 Å². The monoisotopic (exact) mass is 467 g/mol. The average Bonchev–Trinajstić information content (AvgIpc) is 3.10. The Labute approximate surface area is 183 Å². The highest BCUT2D eigenvalue weighted by atomic mass is 32.2. The molecule has 0 saturated carbocycles. The van der Waals surface area contributed by atoms with E-state index in [2.05, 4.69) is 20.2 Å². The number of benzene rings is 1. The number of rotatable bonds is 7. The maximum Gasteiger partial charge on any atom is 0.239 e. The van der Waals surface area contributed by atoms with Crippen molar-refractivity contribution in [3.8, 4) is 11.3 Å². The van der Waals surface area contributed by atoms with E-state index in [1.807, 2.05) is 20.8 Å². The van der Waals surface area contributed by atoms with Crippen LogP contribution in [0.5, 0.6) is 0 Å². The Bertz CT molecular complexity index is 1150. The van der Waals surface area contributed by atoms with Crippen LogP contribution in [0, 0.1) is 12.7 Å². The molecule has 7 nitrogen and oxygen atoms in total. The van der Waals surface area contributed by atoms with Crippen LogP contribution in [0.25, 0.3) is 11.3 Å². The number of hydrogen-bond acceptors (Lipinski definition) is 8. The summed E-state index contributed by atoms with van der Waals surface area (Å²) in [5, 5.41) is 9.07. The number of nitrogens with zero attached hydrogens (tertiary/aromatic N) is 5. The summed E-state index contributed by atoms with van der Waals surface area (Å²) in [6, 6.07) is 5.99. The lowest BCUT2D eigenvalue weighted by molar-refractivity contribution is 0.599. The zero-order chi connectivity index (χ0) is 22.1. The van der Waals surface area contributed by atoms with Crippen molar-refractivity contribution in [2.24, 2.45) is 0 Å². The number of anilines is 1. The molecule has 0 fully saturated rings. The number of aromatic nitrogens is 4. The van der Waals surface area contributed by atoms with E-state index in [-0.39, 0.29) is 17.7 Å². The lowest BCUT2D eigenvalue weighted by atomic mass is 9.99. The summed E-state index contributed by atoms with van der Waals surface area (Å²) in [7, 11) is -2.12. The Morgan fingerprint density at radius 3 is 2.37 bits per heavy atom. The average molecular weight is 468 g/mol. The molecule has 0 aliphatic rings. The van der Waals surface area contributed by atoms with Crippen molar-refractivity contribution in [2.75, 3.05) is 17.6 Å². The number of halogens is 1. The molecular weight excluding hydrogens is 445 g/mol. The molecule has 0 spiro atoms. The van der Waals surface area contributed by atoms with Gasteiger partial charge < -0.3 is 0 Å². The Hall–Kier alpha value is -2.11. The van der Waals surface area contributed by atoms with Gasteiger partial charge in [0.05, 0.1) is 17.6 Å². The second kappa shape index (κ2) is 8.94. The predicted octanol–water partition coefficient (Wildman–Crippen LogP) is 4.25. The molecule has 0 radical (unpaired) electrons. The molecule has 11 heteroatoms. The van der Waals surface area contributed by atoms with Crippen LogP contribution in [-0.2, 0) is 15.8 Å². The van der Waals surface area contributed by atoms with E-state index in [0.717, 1.165) is 31.2 Å². The summed E-state index contributed by atoms with van der Waals surface area (Å²) in [6.07, 6.45) is 1.10. The number of hydrogen-bond donors (Lipinski definition) is 0. The third-order valence-electron chi connectivity index (χ3n) is 4.32. The second-order valence-corrected chi connectivity index (χ2v) is 11.4. The zero-order valence-electron chi connectivity index (χ0n) is 17.2. The molecule has 0 N–H and O–H groups in total. The maximum atomic E-state index is 13.5. The van der Waals surface area contributed by atoms with E-state index >= 15 is 0 Å². The highest BCUT2D eigenvalue weighted by molar-refractivity contribution is 8.00. The fourth-order valence-electron chi connectivity index (χ4n) is 2.72. The molecule has 2 heterocycles. The van der Waals surface area contributed by atoms with E-state index in [0.29, 0.717) is 17.0 Å². The SMILES string of the molecule is Cc1nnc(SCc2c(-c3ccc(F)cc3)nc(N(C)S(C)(=O)=O)nc2C(C)C)s1. The maximum absolute atomic E-state index is 13.5. The van der Waals surface area contributed by atoms with Crippen LogP contribution in [0.15, 0.2) is 28.6 Å². The topological polar surface area (TPSA) is 88.9 Å². The van der Waals surface area contributed by atoms with Crippen LogP contribution in [0.4, 0.5) is 10.3 Å². The van der Waals surface area contributed by atoms with Gasteiger partial charge in [-0.05, 0) is 37.1 Å². The van der Waals surface area contributed by atoms with Gasteiger partial charge in [0.25, 0.3) is 0 Å². The van der Waals surface area contributed by atoms with E-state index in [1.165, 1.54) is 42.3 Å². The van der Waals surface area contributed by atoms with Gasteiger partial charge in [0.15, 0.2) is 4.34 Å². The number of aryl methyl sites for hydroxylation is 1. The molecule has 0 bridgehead atoms. The zero-order valence-corrected chi connectivity index (χ0v) is 19.7. The number of sulfonamides is 1. The summed E-state index contributed by atoms with van der Waals surface area (Å²) in [4.78, 5) is 9.14. The van der Waals surface area contributed by atoms with Crippen LogP contribution in [0.2, 0.25) is 0 Å². The molecule has 1 aromatic carbocycles. The van der Waals surface area contributed by atoms with Gasteiger partial charge in [0.2, 0.25) is 16.0 Å². The largest absolute Gasteiger partial charge is 0.241 e. The Balaban J connectivity index is 2.16. The minimum absolute atomic E-state index is 0.0191. The molecule has 2 aromatic heterocycles. The quantitative estimate of drug-likeness (QED) is 0.480. The minimum atomic E-state index is -3.54. The van der Waals surface area contributed by atoms with E-state index < -0.39 is 10.0 Å². The van der Waals surface area contributed by atoms with E-state index in [9.17, 15) is 12.8 Å². The first kappa shape index (κ1) is 22.6. The van der Waals surface area contributed by atoms with Gasteiger partial charge in [-0.15, -0.1) is 10.2 Å². The van der Waals surface area contributed by atoms with Crippen molar-refractivity contribution < 1.29 is 12.8 Å². The summed E-state index contributed by atoms with van der Waals surface area (Å²) in [5.74, 6) is 0.273. The van der Waals surface area contributed by atoms with Crippen LogP contribution < -0.4 is 4.31 Å². The highest BCUT2D eigenvalue weighted by Crippen LogP contribution is 2.35. The van der Waals surface area contributed by atoms with Crippen LogP contribution in [-0.4, -0.2) is 41.9 Å². The van der Waals surface area contributed by atoms with Crippen molar-refractivity contribution in [3.63, 3.8) is 0 Å². The molecule has 3 aromatic rings. The minimum Gasteiger partial charge on any atom is -0.241 e. The van der Waals surface area contributed by atoms with Crippen LogP contribution in [0.3, 0.4) is 0 Å². The fourth-order valence-corrected chi connectivity index (χ4v) is 4.93. The fraction of sp³-hybridized carbons (Fsp3) is 0.368. The molecule has 160 valence electrons. The van der Waals surface area contributed by atoms with Gasteiger partial charge in [0.1, 0.15) is 10.8 Å². The standard InChI is InChI=1S/C19H22FN5O2S3/c1-11(2)16-15(10-28-19-24-23-12(3)29-19)17(13-6-8-14(20)9-7-13)22-18(21-16)25(4)30(5,26)27/h6-9,11H,10H2,1-5H3. The Morgan fingerprint density at radius 2 is 1.83 bits per heavy atom. The van der Waals surface area contributed by atoms with Crippen molar-refractivity contribution in [3.05, 3.63) is 46.3 Å². The lowest BCUT2D eigenvalue weighted by Gasteiger charge is -2.21. The second-order valence-electron chi connectivity index (χ2n) is 7.00. The van der Waals surface area contributed by atoms with Gasteiger partial charge >= 0.3 is 0 Å². The molecular formula is C19H22FN5O2S3. The van der Waals surface area contributed by atoms with Gasteiger partial charge in [0, 0.05) is 23.9 Å². The van der Waals surface area contributed by atoms with Crippen LogP contribution in [0.1, 0.15) is 36.0 Å². The predicted molar refractivity (Wildman–Crippen MR) is 119 cm³/mol. The molecule has 0 aliphatic carbocycles. The normalized spacial score (nSPS) is 11.8.